The van der Waals surface area contributed by atoms with Gasteiger partial charge in [0.05, 0.1) is 23.4 Å². The van der Waals surface area contributed by atoms with Crippen molar-refractivity contribution in [2.45, 2.75) is 13.0 Å². The number of hydrogen-bond donors (Lipinski definition) is 2. The Labute approximate surface area is 185 Å². The molecule has 2 amide bonds. The topological polar surface area (TPSA) is 98.2 Å². The summed E-state index contributed by atoms with van der Waals surface area (Å²) in [7, 11) is 1.52. The fraction of sp³-hybridized carbons (Fsp3) is 0.160. The highest BCUT2D eigenvalue weighted by atomic mass is 16.4. The molecule has 1 aliphatic rings. The van der Waals surface area contributed by atoms with Crippen LogP contribution in [0.2, 0.25) is 0 Å². The Balaban J connectivity index is 1.73. The summed E-state index contributed by atoms with van der Waals surface area (Å²) in [6, 6.07) is 18.6. The molecule has 0 aromatic heterocycles. The number of fused-ring (bicyclic) bond motifs is 1. The van der Waals surface area contributed by atoms with E-state index in [1.807, 2.05) is 49.4 Å². The van der Waals surface area contributed by atoms with E-state index in [0.29, 0.717) is 11.4 Å². The Morgan fingerprint density at radius 1 is 0.938 bits per heavy atom. The zero-order chi connectivity index (χ0) is 23.0. The molecule has 3 aromatic rings. The van der Waals surface area contributed by atoms with Crippen molar-refractivity contribution >= 4 is 29.2 Å². The van der Waals surface area contributed by atoms with Crippen molar-refractivity contribution in [1.29, 1.82) is 0 Å². The summed E-state index contributed by atoms with van der Waals surface area (Å²) in [5, 5.41) is 18.7. The van der Waals surface area contributed by atoms with Gasteiger partial charge in [0.15, 0.2) is 0 Å². The first-order valence-electron chi connectivity index (χ1n) is 10.1. The summed E-state index contributed by atoms with van der Waals surface area (Å²) in [5.74, 6) is -2.08. The first-order valence-corrected chi connectivity index (χ1v) is 10.1. The molecule has 3 aromatic carbocycles. The Morgan fingerprint density at radius 2 is 1.62 bits per heavy atom. The second-order valence-electron chi connectivity index (χ2n) is 7.64. The third-order valence-electron chi connectivity index (χ3n) is 5.83. The van der Waals surface area contributed by atoms with Gasteiger partial charge in [-0.15, -0.1) is 0 Å². The van der Waals surface area contributed by atoms with Crippen molar-refractivity contribution in [1.82, 2.24) is 0 Å². The molecule has 0 bridgehead atoms. The van der Waals surface area contributed by atoms with E-state index in [9.17, 15) is 24.6 Å². The molecule has 7 nitrogen and oxygen atoms in total. The lowest BCUT2D eigenvalue weighted by Crippen LogP contribution is -2.41. The number of carboxylic acid groups (broad SMARTS) is 1. The lowest BCUT2D eigenvalue weighted by Gasteiger charge is -2.25. The van der Waals surface area contributed by atoms with Crippen molar-refractivity contribution in [3.05, 3.63) is 83.4 Å². The van der Waals surface area contributed by atoms with Crippen LogP contribution in [0.3, 0.4) is 0 Å². The minimum Gasteiger partial charge on any atom is -0.480 e. The summed E-state index contributed by atoms with van der Waals surface area (Å²) in [5.41, 5.74) is 4.09. The van der Waals surface area contributed by atoms with Gasteiger partial charge < -0.3 is 15.1 Å². The van der Waals surface area contributed by atoms with Gasteiger partial charge in [-0.2, -0.15) is 0 Å². The second kappa shape index (κ2) is 8.28. The summed E-state index contributed by atoms with van der Waals surface area (Å²) in [6.45, 7) is 1.28. The van der Waals surface area contributed by atoms with E-state index in [1.54, 1.807) is 12.1 Å². The predicted molar refractivity (Wildman–Crippen MR) is 121 cm³/mol. The molecule has 0 saturated carbocycles. The number of imide groups is 1. The quantitative estimate of drug-likeness (QED) is 0.582. The Bertz CT molecular complexity index is 1220. The Kier molecular flexibility index (Phi) is 5.50. The molecule has 2 N–H and O–H groups in total. The summed E-state index contributed by atoms with van der Waals surface area (Å²) in [6.07, 6.45) is 0. The largest absolute Gasteiger partial charge is 0.480 e. The molecule has 32 heavy (non-hydrogen) atoms. The van der Waals surface area contributed by atoms with Gasteiger partial charge in [-0.25, -0.2) is 9.69 Å². The van der Waals surface area contributed by atoms with Crippen LogP contribution in [0, 0.1) is 6.92 Å². The molecule has 0 aliphatic carbocycles. The van der Waals surface area contributed by atoms with Gasteiger partial charge >= 0.3 is 5.97 Å². The van der Waals surface area contributed by atoms with E-state index < -0.39 is 30.4 Å². The van der Waals surface area contributed by atoms with Crippen LogP contribution in [0.1, 0.15) is 26.3 Å². The van der Waals surface area contributed by atoms with Crippen LogP contribution in [0.5, 0.6) is 0 Å². The van der Waals surface area contributed by atoms with E-state index in [2.05, 4.69) is 0 Å². The standard InChI is InChI=1S/C25H22N2O5/c1-15-18(16-7-4-3-5-8-16)9-6-10-21(15)27-23(29)19-12-11-17(13-20(19)24(27)30)26(2)22(14-28)25(31)32/h3-13,22,28H,14H2,1-2H3,(H,31,32). The maximum Gasteiger partial charge on any atom is 0.328 e. The number of amides is 2. The average Bonchev–Trinajstić information content (AvgIpc) is 3.04. The first kappa shape index (κ1) is 21.3. The Morgan fingerprint density at radius 3 is 2.28 bits per heavy atom. The minimum atomic E-state index is -1.19. The van der Waals surface area contributed by atoms with E-state index >= 15 is 0 Å². The van der Waals surface area contributed by atoms with Crippen molar-refractivity contribution in [3.63, 3.8) is 0 Å². The smallest absolute Gasteiger partial charge is 0.328 e. The zero-order valence-electron chi connectivity index (χ0n) is 17.6. The minimum absolute atomic E-state index is 0.200. The molecular formula is C25H22N2O5. The lowest BCUT2D eigenvalue weighted by molar-refractivity contribution is -0.139. The molecule has 0 radical (unpaired) electrons. The van der Waals surface area contributed by atoms with Crippen molar-refractivity contribution < 1.29 is 24.6 Å². The van der Waals surface area contributed by atoms with Gasteiger partial charge in [0, 0.05) is 12.7 Å². The molecule has 0 spiro atoms. The number of carbonyl (C=O) groups excluding carboxylic acids is 2. The van der Waals surface area contributed by atoms with Crippen LogP contribution < -0.4 is 9.80 Å². The Hall–Kier alpha value is -3.97. The van der Waals surface area contributed by atoms with E-state index in [-0.39, 0.29) is 11.1 Å². The maximum atomic E-state index is 13.3. The number of anilines is 2. The third kappa shape index (κ3) is 3.42. The number of aliphatic carboxylic acids is 1. The number of rotatable bonds is 6. The van der Waals surface area contributed by atoms with E-state index in [1.165, 1.54) is 24.1 Å². The summed E-state index contributed by atoms with van der Waals surface area (Å²) in [4.78, 5) is 40.3. The number of carbonyl (C=O) groups is 3. The summed E-state index contributed by atoms with van der Waals surface area (Å²) < 4.78 is 0. The van der Waals surface area contributed by atoms with Gasteiger partial charge in [-0.05, 0) is 47.9 Å². The molecule has 1 atom stereocenters. The number of likely N-dealkylation sites (N-methyl/N-ethyl adjacent to an activating group) is 1. The molecule has 7 heteroatoms. The van der Waals surface area contributed by atoms with Crippen LogP contribution in [0.25, 0.3) is 11.1 Å². The van der Waals surface area contributed by atoms with Gasteiger partial charge in [-0.1, -0.05) is 42.5 Å². The molecule has 162 valence electrons. The van der Waals surface area contributed by atoms with Gasteiger partial charge in [0.1, 0.15) is 6.04 Å². The van der Waals surface area contributed by atoms with Crippen molar-refractivity contribution in [2.24, 2.45) is 0 Å². The zero-order valence-corrected chi connectivity index (χ0v) is 17.6. The maximum absolute atomic E-state index is 13.3. The molecule has 1 unspecified atom stereocenters. The third-order valence-corrected chi connectivity index (χ3v) is 5.83. The molecular weight excluding hydrogens is 408 g/mol. The number of nitrogens with zero attached hydrogens (tertiary/aromatic N) is 2. The number of benzene rings is 3. The highest BCUT2D eigenvalue weighted by molar-refractivity contribution is 6.35. The molecule has 1 heterocycles. The number of aliphatic hydroxyl groups is 1. The molecule has 0 saturated heterocycles. The first-order chi connectivity index (χ1) is 15.3. The van der Waals surface area contributed by atoms with Gasteiger partial charge in [-0.3, -0.25) is 9.59 Å². The van der Waals surface area contributed by atoms with Crippen LogP contribution in [-0.4, -0.2) is 47.7 Å². The fourth-order valence-electron chi connectivity index (χ4n) is 4.01. The highest BCUT2D eigenvalue weighted by Gasteiger charge is 2.38. The van der Waals surface area contributed by atoms with Crippen LogP contribution in [0.4, 0.5) is 11.4 Å². The van der Waals surface area contributed by atoms with Crippen LogP contribution in [0.15, 0.2) is 66.7 Å². The molecule has 1 aliphatic heterocycles. The summed E-state index contributed by atoms with van der Waals surface area (Å²) >= 11 is 0. The lowest BCUT2D eigenvalue weighted by atomic mass is 9.99. The number of carboxylic acids is 1. The highest BCUT2D eigenvalue weighted by Crippen LogP contribution is 2.36. The van der Waals surface area contributed by atoms with Crippen molar-refractivity contribution in [3.8, 4) is 11.1 Å². The fourth-order valence-corrected chi connectivity index (χ4v) is 4.01. The predicted octanol–water partition coefficient (Wildman–Crippen LogP) is 3.34. The average molecular weight is 430 g/mol. The number of aliphatic hydroxyl groups excluding tert-OH is 1. The number of hydrogen-bond acceptors (Lipinski definition) is 5. The van der Waals surface area contributed by atoms with Gasteiger partial charge in [0.2, 0.25) is 0 Å². The van der Waals surface area contributed by atoms with E-state index in [4.69, 9.17) is 0 Å². The normalized spacial score (nSPS) is 13.8. The van der Waals surface area contributed by atoms with Crippen molar-refractivity contribution in [2.75, 3.05) is 23.5 Å². The molecule has 4 rings (SSSR count). The molecule has 0 fully saturated rings. The van der Waals surface area contributed by atoms with E-state index in [0.717, 1.165) is 21.6 Å². The van der Waals surface area contributed by atoms with Crippen LogP contribution >= 0.6 is 0 Å². The second-order valence-corrected chi connectivity index (χ2v) is 7.64. The van der Waals surface area contributed by atoms with Gasteiger partial charge in [0.25, 0.3) is 11.8 Å². The van der Waals surface area contributed by atoms with Crippen LogP contribution in [-0.2, 0) is 4.79 Å². The monoisotopic (exact) mass is 430 g/mol. The SMILES string of the molecule is Cc1c(-c2ccccc2)cccc1N1C(=O)c2ccc(N(C)C(CO)C(=O)O)cc2C1=O.